The van der Waals surface area contributed by atoms with E-state index in [1.54, 1.807) is 43.5 Å². The highest BCUT2D eigenvalue weighted by Crippen LogP contribution is 2.31. The molecule has 1 fully saturated rings. The molecule has 0 radical (unpaired) electrons. The zero-order valence-electron chi connectivity index (χ0n) is 21.2. The number of ether oxygens (including phenoxy) is 1. The summed E-state index contributed by atoms with van der Waals surface area (Å²) in [5.74, 6) is 0.767. The lowest BCUT2D eigenvalue weighted by Crippen LogP contribution is -2.48. The minimum Gasteiger partial charge on any atom is -0.495 e. The number of hydrogen-bond donors (Lipinski definition) is 1. The predicted molar refractivity (Wildman–Crippen MR) is 155 cm³/mol. The standard InChI is InChI=1S/C29H26N4O4S2/c1-37-26-9-5-4-8-25(26)32-14-16-33(17-15-32)28(34)22-11-13-24-27(19-22)38-29(30-24)31-39(35,36)23-12-10-20-6-2-3-7-21(20)18-23/h2-13,18-19H,14-17H2,1H3,(H,30,31). The van der Waals surface area contributed by atoms with Crippen molar-refractivity contribution in [3.63, 3.8) is 0 Å². The van der Waals surface area contributed by atoms with Crippen molar-refractivity contribution in [1.82, 2.24) is 9.88 Å². The van der Waals surface area contributed by atoms with E-state index >= 15 is 0 Å². The Morgan fingerprint density at radius 1 is 0.897 bits per heavy atom. The van der Waals surface area contributed by atoms with Gasteiger partial charge in [0.1, 0.15) is 5.75 Å². The number of para-hydroxylation sites is 2. The average Bonchev–Trinajstić information content (AvgIpc) is 3.37. The normalized spacial score (nSPS) is 14.1. The number of hydrogen-bond acceptors (Lipinski definition) is 7. The van der Waals surface area contributed by atoms with Gasteiger partial charge in [-0.1, -0.05) is 53.8 Å². The Morgan fingerprint density at radius 2 is 1.64 bits per heavy atom. The van der Waals surface area contributed by atoms with Crippen molar-refractivity contribution < 1.29 is 17.9 Å². The fourth-order valence-electron chi connectivity index (χ4n) is 4.83. The highest BCUT2D eigenvalue weighted by Gasteiger charge is 2.24. The minimum atomic E-state index is -3.82. The summed E-state index contributed by atoms with van der Waals surface area (Å²) in [5.41, 5.74) is 2.21. The summed E-state index contributed by atoms with van der Waals surface area (Å²) in [5, 5.41) is 2.07. The Hall–Kier alpha value is -4.15. The summed E-state index contributed by atoms with van der Waals surface area (Å²) in [6.07, 6.45) is 0. The van der Waals surface area contributed by atoms with Crippen molar-refractivity contribution in [2.75, 3.05) is 42.9 Å². The number of amides is 1. The van der Waals surface area contributed by atoms with Crippen LogP contribution in [-0.4, -0.2) is 57.5 Å². The Bertz CT molecular complexity index is 1790. The van der Waals surface area contributed by atoms with Gasteiger partial charge in [-0.15, -0.1) is 0 Å². The molecule has 0 bridgehead atoms. The third-order valence-electron chi connectivity index (χ3n) is 6.88. The molecule has 0 saturated carbocycles. The van der Waals surface area contributed by atoms with Gasteiger partial charge >= 0.3 is 0 Å². The molecular formula is C29H26N4O4S2. The molecule has 10 heteroatoms. The van der Waals surface area contributed by atoms with E-state index in [0.29, 0.717) is 37.3 Å². The van der Waals surface area contributed by atoms with Crippen LogP contribution in [0.4, 0.5) is 10.8 Å². The van der Waals surface area contributed by atoms with Gasteiger partial charge < -0.3 is 14.5 Å². The van der Waals surface area contributed by atoms with Gasteiger partial charge in [-0.3, -0.25) is 9.52 Å². The van der Waals surface area contributed by atoms with Crippen LogP contribution >= 0.6 is 11.3 Å². The molecule has 1 aromatic heterocycles. The Morgan fingerprint density at radius 3 is 2.44 bits per heavy atom. The maximum absolute atomic E-state index is 13.3. The van der Waals surface area contributed by atoms with E-state index in [9.17, 15) is 13.2 Å². The zero-order chi connectivity index (χ0) is 27.0. The number of anilines is 2. The number of rotatable bonds is 6. The summed E-state index contributed by atoms with van der Waals surface area (Å²) >= 11 is 1.21. The Kier molecular flexibility index (Phi) is 6.58. The SMILES string of the molecule is COc1ccccc1N1CCN(C(=O)c2ccc3nc(NS(=O)(=O)c4ccc5ccccc5c4)sc3c2)CC1. The number of nitrogens with zero attached hydrogens (tertiary/aromatic N) is 3. The van der Waals surface area contributed by atoms with Crippen molar-refractivity contribution in [3.05, 3.63) is 90.5 Å². The van der Waals surface area contributed by atoms with Gasteiger partial charge in [-0.05, 0) is 53.2 Å². The molecule has 0 spiro atoms. The number of fused-ring (bicyclic) bond motifs is 2. The van der Waals surface area contributed by atoms with Gasteiger partial charge in [0, 0.05) is 31.7 Å². The minimum absolute atomic E-state index is 0.0525. The van der Waals surface area contributed by atoms with E-state index < -0.39 is 10.0 Å². The Balaban J connectivity index is 1.16. The third-order valence-corrected chi connectivity index (χ3v) is 9.28. The van der Waals surface area contributed by atoms with E-state index in [0.717, 1.165) is 26.9 Å². The van der Waals surface area contributed by atoms with Crippen LogP contribution in [-0.2, 0) is 10.0 Å². The first kappa shape index (κ1) is 25.1. The number of piperazine rings is 1. The molecule has 0 unspecified atom stereocenters. The summed E-state index contributed by atoms with van der Waals surface area (Å²) in [7, 11) is -2.16. The molecule has 1 aliphatic rings. The fraction of sp³-hybridized carbons (Fsp3) is 0.172. The quantitative estimate of drug-likeness (QED) is 0.307. The lowest BCUT2D eigenvalue weighted by molar-refractivity contribution is 0.0747. The highest BCUT2D eigenvalue weighted by atomic mass is 32.2. The first-order chi connectivity index (χ1) is 18.9. The second-order valence-corrected chi connectivity index (χ2v) is 12.0. The number of carbonyl (C=O) groups is 1. The molecule has 6 rings (SSSR count). The van der Waals surface area contributed by atoms with Gasteiger partial charge in [0.2, 0.25) is 0 Å². The molecule has 0 aliphatic carbocycles. The van der Waals surface area contributed by atoms with E-state index in [4.69, 9.17) is 4.74 Å². The van der Waals surface area contributed by atoms with E-state index in [1.807, 2.05) is 53.4 Å². The van der Waals surface area contributed by atoms with Crippen LogP contribution < -0.4 is 14.4 Å². The van der Waals surface area contributed by atoms with Crippen LogP contribution in [0.25, 0.3) is 21.0 Å². The number of nitrogens with one attached hydrogen (secondary N) is 1. The first-order valence-electron chi connectivity index (χ1n) is 12.5. The van der Waals surface area contributed by atoms with Gasteiger partial charge in [-0.25, -0.2) is 13.4 Å². The van der Waals surface area contributed by atoms with Crippen LogP contribution in [0.15, 0.2) is 89.8 Å². The van der Waals surface area contributed by atoms with Crippen LogP contribution in [0.2, 0.25) is 0 Å². The second kappa shape index (κ2) is 10.2. The molecule has 198 valence electrons. The lowest BCUT2D eigenvalue weighted by atomic mass is 10.1. The number of methoxy groups -OCH3 is 1. The van der Waals surface area contributed by atoms with Gasteiger partial charge in [0.25, 0.3) is 15.9 Å². The molecule has 4 aromatic carbocycles. The molecule has 8 nitrogen and oxygen atoms in total. The smallest absolute Gasteiger partial charge is 0.263 e. The van der Waals surface area contributed by atoms with E-state index in [-0.39, 0.29) is 15.9 Å². The summed E-state index contributed by atoms with van der Waals surface area (Å²) in [6.45, 7) is 2.59. The summed E-state index contributed by atoms with van der Waals surface area (Å²) < 4.78 is 34.9. The zero-order valence-corrected chi connectivity index (χ0v) is 22.8. The van der Waals surface area contributed by atoms with E-state index in [2.05, 4.69) is 14.6 Å². The monoisotopic (exact) mass is 558 g/mol. The molecule has 1 aliphatic heterocycles. The average molecular weight is 559 g/mol. The fourth-order valence-corrected chi connectivity index (χ4v) is 7.01. The number of sulfonamides is 1. The van der Waals surface area contributed by atoms with Gasteiger partial charge in [0.05, 0.1) is 27.9 Å². The highest BCUT2D eigenvalue weighted by molar-refractivity contribution is 7.93. The van der Waals surface area contributed by atoms with Crippen molar-refractivity contribution in [2.45, 2.75) is 4.90 Å². The first-order valence-corrected chi connectivity index (χ1v) is 14.8. The summed E-state index contributed by atoms with van der Waals surface area (Å²) in [6, 6.07) is 25.8. The maximum atomic E-state index is 13.3. The van der Waals surface area contributed by atoms with Crippen LogP contribution in [0.1, 0.15) is 10.4 Å². The van der Waals surface area contributed by atoms with Crippen molar-refractivity contribution in [1.29, 1.82) is 0 Å². The Labute approximate surface area is 230 Å². The van der Waals surface area contributed by atoms with Crippen LogP contribution in [0.5, 0.6) is 5.75 Å². The van der Waals surface area contributed by atoms with Gasteiger partial charge in [0.15, 0.2) is 5.13 Å². The second-order valence-electron chi connectivity index (χ2n) is 9.27. The predicted octanol–water partition coefficient (Wildman–Crippen LogP) is 5.22. The number of thiazole rings is 1. The topological polar surface area (TPSA) is 91.8 Å². The molecular weight excluding hydrogens is 532 g/mol. The number of aromatic nitrogens is 1. The summed E-state index contributed by atoms with van der Waals surface area (Å²) in [4.78, 5) is 22.0. The van der Waals surface area contributed by atoms with Gasteiger partial charge in [-0.2, -0.15) is 0 Å². The molecule has 5 aromatic rings. The number of benzene rings is 4. The number of carbonyl (C=O) groups excluding carboxylic acids is 1. The molecule has 39 heavy (non-hydrogen) atoms. The third kappa shape index (κ3) is 5.00. The van der Waals surface area contributed by atoms with Crippen molar-refractivity contribution in [3.8, 4) is 5.75 Å². The largest absolute Gasteiger partial charge is 0.495 e. The van der Waals surface area contributed by atoms with Crippen molar-refractivity contribution >= 4 is 59.1 Å². The van der Waals surface area contributed by atoms with Crippen molar-refractivity contribution in [2.24, 2.45) is 0 Å². The molecule has 1 amide bonds. The van der Waals surface area contributed by atoms with Crippen LogP contribution in [0, 0.1) is 0 Å². The molecule has 2 heterocycles. The molecule has 1 saturated heterocycles. The van der Waals surface area contributed by atoms with E-state index in [1.165, 1.54) is 11.3 Å². The molecule has 1 N–H and O–H groups in total. The van der Waals surface area contributed by atoms with Crippen LogP contribution in [0.3, 0.4) is 0 Å². The lowest BCUT2D eigenvalue weighted by Gasteiger charge is -2.36. The maximum Gasteiger partial charge on any atom is 0.263 e. The molecule has 0 atom stereocenters.